The molecule has 8 nitrogen and oxygen atoms in total. The molecule has 2 saturated heterocycles. The van der Waals surface area contributed by atoms with Crippen LogP contribution in [0.5, 0.6) is 0 Å². The van der Waals surface area contributed by atoms with Crippen LogP contribution in [0.25, 0.3) is 11.3 Å². The largest absolute Gasteiger partial charge is 0.481 e. The molecule has 8 heteroatoms. The summed E-state index contributed by atoms with van der Waals surface area (Å²) in [5.41, 5.74) is 3.39. The second kappa shape index (κ2) is 8.20. The van der Waals surface area contributed by atoms with Gasteiger partial charge in [-0.05, 0) is 56.2 Å². The van der Waals surface area contributed by atoms with E-state index in [4.69, 9.17) is 9.15 Å². The van der Waals surface area contributed by atoms with E-state index in [1.54, 1.807) is 6.20 Å². The molecule has 2 aliphatic carbocycles. The number of hydrogen-bond acceptors (Lipinski definition) is 7. The quantitative estimate of drug-likeness (QED) is 0.482. The summed E-state index contributed by atoms with van der Waals surface area (Å²) < 4.78 is 12.0. The minimum Gasteiger partial charge on any atom is -0.481 e. The molecule has 2 N–H and O–H groups in total. The van der Waals surface area contributed by atoms with Crippen LogP contribution in [0.15, 0.2) is 47.0 Å². The molecular formula is C26H28N4O4. The number of anilines is 2. The number of carbonyl (C=O) groups is 1. The van der Waals surface area contributed by atoms with Crippen molar-refractivity contribution in [2.24, 2.45) is 5.41 Å². The van der Waals surface area contributed by atoms with Crippen LogP contribution in [0.3, 0.4) is 0 Å². The smallest absolute Gasteiger partial charge is 0.320 e. The van der Waals surface area contributed by atoms with Crippen molar-refractivity contribution in [3.05, 3.63) is 54.0 Å². The van der Waals surface area contributed by atoms with Crippen molar-refractivity contribution < 1.29 is 19.1 Å². The van der Waals surface area contributed by atoms with Crippen LogP contribution in [0.1, 0.15) is 68.7 Å². The summed E-state index contributed by atoms with van der Waals surface area (Å²) >= 11 is 0. The maximum Gasteiger partial charge on any atom is 0.320 e. The summed E-state index contributed by atoms with van der Waals surface area (Å²) in [6.45, 7) is 0.527. The second-order valence-electron chi connectivity index (χ2n) is 10.1. The summed E-state index contributed by atoms with van der Waals surface area (Å²) in [4.78, 5) is 15.8. The highest BCUT2D eigenvalue weighted by Gasteiger charge is 2.51. The van der Waals surface area contributed by atoms with Gasteiger partial charge in [-0.15, -0.1) is 5.10 Å². The summed E-state index contributed by atoms with van der Waals surface area (Å²) in [5, 5.41) is 20.6. The summed E-state index contributed by atoms with van der Waals surface area (Å²) in [6, 6.07) is 12.7. The standard InChI is InChI=1S/C26H28N4O4/c31-22(32)14-25-10-12-26(13-11-25,33-16-25)19-6-4-17(5-7-19)21-9-8-20(15-27-21)28-24-30-29-23(34-24)18-2-1-3-18/h4-9,15,18H,1-3,10-14,16H2,(H,28,30)(H,31,32). The number of ether oxygens (including phenoxy) is 1. The average Bonchev–Trinajstić information content (AvgIpc) is 3.27. The maximum atomic E-state index is 11.2. The molecule has 4 aliphatic rings. The minimum atomic E-state index is -0.730. The van der Waals surface area contributed by atoms with Crippen LogP contribution < -0.4 is 5.32 Å². The van der Waals surface area contributed by atoms with Crippen molar-refractivity contribution in [3.63, 3.8) is 0 Å². The van der Waals surface area contributed by atoms with Gasteiger partial charge in [0.1, 0.15) is 0 Å². The van der Waals surface area contributed by atoms with Crippen molar-refractivity contribution in [1.82, 2.24) is 15.2 Å². The highest BCUT2D eigenvalue weighted by atomic mass is 16.5. The first kappa shape index (κ1) is 21.3. The normalized spacial score (nSPS) is 26.2. The maximum absolute atomic E-state index is 11.2. The van der Waals surface area contributed by atoms with E-state index >= 15 is 0 Å². The van der Waals surface area contributed by atoms with Crippen LogP contribution in [-0.4, -0.2) is 32.9 Å². The summed E-state index contributed by atoms with van der Waals surface area (Å²) in [6.07, 6.45) is 8.98. The molecule has 0 unspecified atom stereocenters. The lowest BCUT2D eigenvalue weighted by atomic mass is 9.63. The number of aliphatic carboxylic acids is 1. The lowest BCUT2D eigenvalue weighted by Gasteiger charge is -2.53. The predicted octanol–water partition coefficient (Wildman–Crippen LogP) is 5.40. The Morgan fingerprint density at radius 3 is 2.44 bits per heavy atom. The fourth-order valence-electron chi connectivity index (χ4n) is 5.50. The van der Waals surface area contributed by atoms with E-state index in [1.807, 2.05) is 12.1 Å². The zero-order chi connectivity index (χ0) is 23.2. The number of pyridine rings is 1. The first-order valence-electron chi connectivity index (χ1n) is 12.1. The predicted molar refractivity (Wildman–Crippen MR) is 125 cm³/mol. The lowest BCUT2D eigenvalue weighted by Crippen LogP contribution is -2.50. The van der Waals surface area contributed by atoms with Gasteiger partial charge in [0.2, 0.25) is 5.89 Å². The third kappa shape index (κ3) is 3.86. The SMILES string of the molecule is O=C(O)CC12CCC(c3ccc(-c4ccc(Nc5nnc(C6CCC6)o5)cn4)cc3)(CC1)OC2. The number of benzene rings is 1. The monoisotopic (exact) mass is 460 g/mol. The highest BCUT2D eigenvalue weighted by molar-refractivity contribution is 5.68. The highest BCUT2D eigenvalue weighted by Crippen LogP contribution is 2.55. The fourth-order valence-corrected chi connectivity index (χ4v) is 5.50. The Balaban J connectivity index is 1.11. The van der Waals surface area contributed by atoms with E-state index in [2.05, 4.69) is 44.8 Å². The number of aromatic nitrogens is 3. The van der Waals surface area contributed by atoms with Gasteiger partial charge < -0.3 is 19.6 Å². The third-order valence-electron chi connectivity index (χ3n) is 7.92. The Labute approximate surface area is 197 Å². The molecular weight excluding hydrogens is 432 g/mol. The number of carboxylic acids is 1. The first-order chi connectivity index (χ1) is 16.5. The van der Waals surface area contributed by atoms with E-state index in [1.165, 1.54) is 6.42 Å². The molecule has 0 atom stereocenters. The molecule has 2 saturated carbocycles. The topological polar surface area (TPSA) is 110 Å². The number of fused-ring (bicyclic) bond motifs is 3. The van der Waals surface area contributed by atoms with E-state index in [-0.39, 0.29) is 17.4 Å². The van der Waals surface area contributed by atoms with Crippen LogP contribution in [-0.2, 0) is 15.1 Å². The lowest BCUT2D eigenvalue weighted by molar-refractivity contribution is -0.195. The summed E-state index contributed by atoms with van der Waals surface area (Å²) in [7, 11) is 0. The Bertz CT molecular complexity index is 1160. The molecule has 3 aromatic rings. The molecule has 176 valence electrons. The van der Waals surface area contributed by atoms with Crippen LogP contribution in [0.2, 0.25) is 0 Å². The molecule has 1 aromatic carbocycles. The number of rotatable bonds is 7. The molecule has 4 heterocycles. The zero-order valence-electron chi connectivity index (χ0n) is 19.0. The van der Waals surface area contributed by atoms with Crippen molar-refractivity contribution in [1.29, 1.82) is 0 Å². The van der Waals surface area contributed by atoms with E-state index < -0.39 is 5.97 Å². The number of nitrogens with one attached hydrogen (secondary N) is 1. The van der Waals surface area contributed by atoms with Gasteiger partial charge in [-0.2, -0.15) is 0 Å². The second-order valence-corrected chi connectivity index (χ2v) is 10.1. The number of hydrogen-bond donors (Lipinski definition) is 2. The van der Waals surface area contributed by atoms with Crippen LogP contribution in [0, 0.1) is 5.41 Å². The van der Waals surface area contributed by atoms with Gasteiger partial charge in [0, 0.05) is 16.9 Å². The van der Waals surface area contributed by atoms with E-state index in [0.29, 0.717) is 24.4 Å². The molecule has 4 fully saturated rings. The van der Waals surface area contributed by atoms with Gasteiger partial charge in [0.05, 0.1) is 36.2 Å². The number of carboxylic acid groups (broad SMARTS) is 1. The number of nitrogens with zero attached hydrogens (tertiary/aromatic N) is 3. The first-order valence-corrected chi connectivity index (χ1v) is 12.1. The Morgan fingerprint density at radius 1 is 1.06 bits per heavy atom. The van der Waals surface area contributed by atoms with E-state index in [9.17, 15) is 9.90 Å². The van der Waals surface area contributed by atoms with Gasteiger partial charge in [-0.1, -0.05) is 35.8 Å². The molecule has 0 radical (unpaired) electrons. The molecule has 34 heavy (non-hydrogen) atoms. The van der Waals surface area contributed by atoms with Gasteiger partial charge >= 0.3 is 12.0 Å². The molecule has 2 aromatic heterocycles. The average molecular weight is 461 g/mol. The fraction of sp³-hybridized carbons (Fsp3) is 0.462. The van der Waals surface area contributed by atoms with Crippen molar-refractivity contribution in [3.8, 4) is 11.3 Å². The minimum absolute atomic E-state index is 0.187. The van der Waals surface area contributed by atoms with Crippen molar-refractivity contribution in [2.75, 3.05) is 11.9 Å². The Hall–Kier alpha value is -3.26. The molecule has 2 bridgehead atoms. The molecule has 2 aliphatic heterocycles. The third-order valence-corrected chi connectivity index (χ3v) is 7.92. The van der Waals surface area contributed by atoms with Gasteiger partial charge in [-0.3, -0.25) is 9.78 Å². The zero-order valence-corrected chi connectivity index (χ0v) is 19.0. The molecule has 0 spiro atoms. The van der Waals surface area contributed by atoms with Crippen molar-refractivity contribution >= 4 is 17.7 Å². The van der Waals surface area contributed by atoms with Crippen molar-refractivity contribution in [2.45, 2.75) is 62.9 Å². The summed E-state index contributed by atoms with van der Waals surface area (Å²) in [5.74, 6) is 0.392. The van der Waals surface area contributed by atoms with E-state index in [0.717, 1.165) is 61.0 Å². The molecule has 7 rings (SSSR count). The van der Waals surface area contributed by atoms with Gasteiger partial charge in [0.15, 0.2) is 0 Å². The van der Waals surface area contributed by atoms with Crippen LogP contribution in [0.4, 0.5) is 11.7 Å². The Morgan fingerprint density at radius 2 is 1.85 bits per heavy atom. The Kier molecular flexibility index (Phi) is 5.13. The van der Waals surface area contributed by atoms with Gasteiger partial charge in [0.25, 0.3) is 0 Å². The van der Waals surface area contributed by atoms with Gasteiger partial charge in [-0.25, -0.2) is 0 Å². The molecule has 0 amide bonds. The van der Waals surface area contributed by atoms with Crippen LogP contribution >= 0.6 is 0 Å².